The Balaban J connectivity index is 2.19. The summed E-state index contributed by atoms with van der Waals surface area (Å²) in [5.41, 5.74) is 8.36. The Bertz CT molecular complexity index is 975. The maximum Gasteiger partial charge on any atom is 0.481 e. The Kier molecular flexibility index (Phi) is 7.72. The molecule has 29 heavy (non-hydrogen) atoms. The number of aryl methyl sites for hydroxylation is 1. The fourth-order valence-electron chi connectivity index (χ4n) is 2.67. The molecule has 0 aromatic carbocycles. The fraction of sp³-hybridized carbons (Fsp3) is 0.467. The summed E-state index contributed by atoms with van der Waals surface area (Å²) in [6.07, 6.45) is 1.45. The molecular formula is C15H23N3O8P2S. The predicted octanol–water partition coefficient (Wildman–Crippen LogP) is 2.15. The minimum atomic E-state index is -5.17. The van der Waals surface area contributed by atoms with Gasteiger partial charge in [-0.15, -0.1) is 11.3 Å². The monoisotopic (exact) mass is 467 g/mol. The van der Waals surface area contributed by atoms with Gasteiger partial charge in [-0.3, -0.25) is 4.52 Å². The van der Waals surface area contributed by atoms with Crippen molar-refractivity contribution in [2.75, 3.05) is 12.3 Å². The van der Waals surface area contributed by atoms with E-state index < -0.39 is 21.7 Å². The van der Waals surface area contributed by atoms with Gasteiger partial charge < -0.3 is 25.5 Å². The van der Waals surface area contributed by atoms with Gasteiger partial charge in [0, 0.05) is 34.4 Å². The van der Waals surface area contributed by atoms with Crippen molar-refractivity contribution in [2.24, 2.45) is 0 Å². The van der Waals surface area contributed by atoms with Crippen molar-refractivity contribution < 1.29 is 37.8 Å². The summed E-state index contributed by atoms with van der Waals surface area (Å²) in [7, 11) is -10.1. The van der Waals surface area contributed by atoms with Crippen LogP contribution in [0, 0.1) is 13.8 Å². The molecule has 2 heterocycles. The van der Waals surface area contributed by atoms with Crippen LogP contribution >= 0.6 is 27.0 Å². The SMILES string of the molecule is Cc1ncc(Cc2c([C@H](C)O)sc(CCOP(=O)(O)OP(=O)(O)O)c2C)c(N)n1. The molecule has 162 valence electrons. The average molecular weight is 467 g/mol. The number of phosphoric ester groups is 1. The molecule has 0 saturated carbocycles. The number of nitrogens with zero attached hydrogens (tertiary/aromatic N) is 2. The highest BCUT2D eigenvalue weighted by atomic mass is 32.1. The van der Waals surface area contributed by atoms with Gasteiger partial charge in [0.25, 0.3) is 0 Å². The molecule has 14 heteroatoms. The smallest absolute Gasteiger partial charge is 0.388 e. The van der Waals surface area contributed by atoms with E-state index in [9.17, 15) is 19.1 Å². The van der Waals surface area contributed by atoms with E-state index in [0.717, 1.165) is 16.0 Å². The number of anilines is 1. The molecule has 2 rings (SSSR count). The van der Waals surface area contributed by atoms with Gasteiger partial charge in [-0.05, 0) is 31.9 Å². The molecule has 0 bridgehead atoms. The first-order valence-electron chi connectivity index (χ1n) is 8.40. The van der Waals surface area contributed by atoms with Crippen molar-refractivity contribution >= 4 is 32.8 Å². The number of thiophene rings is 1. The Labute approximate surface area is 171 Å². The van der Waals surface area contributed by atoms with Gasteiger partial charge in [0.2, 0.25) is 0 Å². The second-order valence-corrected chi connectivity index (χ2v) is 10.3. The largest absolute Gasteiger partial charge is 0.481 e. The van der Waals surface area contributed by atoms with E-state index in [2.05, 4.69) is 18.8 Å². The fourth-order valence-corrected chi connectivity index (χ4v) is 5.50. The molecule has 2 aromatic heterocycles. The lowest BCUT2D eigenvalue weighted by atomic mass is 10.00. The third-order valence-corrected chi connectivity index (χ3v) is 7.71. The van der Waals surface area contributed by atoms with E-state index in [-0.39, 0.29) is 13.0 Å². The molecule has 0 radical (unpaired) electrons. The van der Waals surface area contributed by atoms with E-state index in [1.54, 1.807) is 20.0 Å². The van der Waals surface area contributed by atoms with Crippen LogP contribution in [-0.4, -0.2) is 36.4 Å². The number of aliphatic hydroxyl groups is 1. The summed E-state index contributed by atoms with van der Waals surface area (Å²) in [5, 5.41) is 10.1. The molecular weight excluding hydrogens is 444 g/mol. The number of nitrogen functional groups attached to an aromatic ring is 1. The topological polar surface area (TPSA) is 185 Å². The summed E-state index contributed by atoms with van der Waals surface area (Å²) in [5.74, 6) is 0.896. The number of nitrogens with two attached hydrogens (primary N) is 1. The van der Waals surface area contributed by atoms with E-state index in [1.807, 2.05) is 6.92 Å². The van der Waals surface area contributed by atoms with Crippen molar-refractivity contribution in [3.63, 3.8) is 0 Å². The zero-order valence-corrected chi connectivity index (χ0v) is 18.6. The highest BCUT2D eigenvalue weighted by Gasteiger charge is 2.32. The number of hydrogen-bond donors (Lipinski definition) is 5. The standard InChI is InChI=1S/C15H23N3O8P2S/c1-8-12(6-11-7-17-10(3)18-15(11)16)14(9(2)19)29-13(8)4-5-25-28(23,24)26-27(20,21)22/h7,9,19H,4-6H2,1-3H3,(H,23,24)(H2,16,17,18)(H2,20,21,22)/t9-/m0/s1. The second kappa shape index (κ2) is 9.30. The summed E-state index contributed by atoms with van der Waals surface area (Å²) in [6.45, 7) is 4.87. The number of aromatic nitrogens is 2. The van der Waals surface area contributed by atoms with Crippen LogP contribution in [0.3, 0.4) is 0 Å². The Morgan fingerprint density at radius 1 is 1.28 bits per heavy atom. The Morgan fingerprint density at radius 2 is 1.93 bits per heavy atom. The third-order valence-electron chi connectivity index (χ3n) is 3.96. The van der Waals surface area contributed by atoms with E-state index in [0.29, 0.717) is 28.5 Å². The van der Waals surface area contributed by atoms with Crippen molar-refractivity contribution in [2.45, 2.75) is 39.7 Å². The van der Waals surface area contributed by atoms with Crippen molar-refractivity contribution in [1.82, 2.24) is 9.97 Å². The van der Waals surface area contributed by atoms with Crippen molar-refractivity contribution in [1.29, 1.82) is 0 Å². The highest BCUT2D eigenvalue weighted by molar-refractivity contribution is 7.60. The van der Waals surface area contributed by atoms with E-state index >= 15 is 0 Å². The average Bonchev–Trinajstić information content (AvgIpc) is 2.84. The minimum absolute atomic E-state index is 0.172. The first-order chi connectivity index (χ1) is 13.3. The first-order valence-corrected chi connectivity index (χ1v) is 12.2. The molecule has 6 N–H and O–H groups in total. The molecule has 2 aromatic rings. The summed E-state index contributed by atoms with van der Waals surface area (Å²) >= 11 is 1.31. The van der Waals surface area contributed by atoms with Crippen LogP contribution in [-0.2, 0) is 30.8 Å². The van der Waals surface area contributed by atoms with Crippen LogP contribution in [0.4, 0.5) is 5.82 Å². The van der Waals surface area contributed by atoms with Crippen molar-refractivity contribution in [3.05, 3.63) is 38.5 Å². The molecule has 2 atom stereocenters. The molecule has 0 spiro atoms. The molecule has 11 nitrogen and oxygen atoms in total. The third kappa shape index (κ3) is 6.92. The maximum atomic E-state index is 11.5. The lowest BCUT2D eigenvalue weighted by Crippen LogP contribution is -2.04. The van der Waals surface area contributed by atoms with Gasteiger partial charge in [-0.25, -0.2) is 19.1 Å². The first kappa shape index (κ1) is 24.1. The van der Waals surface area contributed by atoms with Crippen LogP contribution in [0.2, 0.25) is 0 Å². The van der Waals surface area contributed by atoms with E-state index in [1.165, 1.54) is 11.3 Å². The molecule has 0 fully saturated rings. The normalized spacial score (nSPS) is 15.3. The van der Waals surface area contributed by atoms with Crippen LogP contribution in [0.15, 0.2) is 6.20 Å². The number of phosphoric acid groups is 2. The minimum Gasteiger partial charge on any atom is -0.388 e. The quantitative estimate of drug-likeness (QED) is 0.340. The molecule has 0 aliphatic heterocycles. The lowest BCUT2D eigenvalue weighted by molar-refractivity contribution is 0.180. The number of aliphatic hydroxyl groups excluding tert-OH is 1. The van der Waals surface area contributed by atoms with Gasteiger partial charge in [0.1, 0.15) is 11.6 Å². The molecule has 0 amide bonds. The van der Waals surface area contributed by atoms with Crippen LogP contribution in [0.1, 0.15) is 45.3 Å². The van der Waals surface area contributed by atoms with Gasteiger partial charge in [-0.1, -0.05) is 0 Å². The molecule has 0 aliphatic rings. The zero-order chi connectivity index (χ0) is 22.0. The van der Waals surface area contributed by atoms with E-state index in [4.69, 9.17) is 15.5 Å². The van der Waals surface area contributed by atoms with Gasteiger partial charge in [0.05, 0.1) is 12.7 Å². The number of hydrogen-bond acceptors (Lipinski definition) is 9. The van der Waals surface area contributed by atoms with Crippen LogP contribution < -0.4 is 5.73 Å². The van der Waals surface area contributed by atoms with Gasteiger partial charge in [-0.2, -0.15) is 4.31 Å². The summed E-state index contributed by atoms with van der Waals surface area (Å²) < 4.78 is 30.6. The number of rotatable bonds is 9. The Morgan fingerprint density at radius 3 is 2.48 bits per heavy atom. The van der Waals surface area contributed by atoms with Crippen molar-refractivity contribution in [3.8, 4) is 0 Å². The van der Waals surface area contributed by atoms with Gasteiger partial charge >= 0.3 is 15.6 Å². The summed E-state index contributed by atoms with van der Waals surface area (Å²) in [6, 6.07) is 0. The second-order valence-electron chi connectivity index (χ2n) is 6.30. The highest BCUT2D eigenvalue weighted by Crippen LogP contribution is 2.57. The molecule has 0 aliphatic carbocycles. The Hall–Kier alpha value is -1.20. The van der Waals surface area contributed by atoms with Crippen LogP contribution in [0.25, 0.3) is 0 Å². The summed E-state index contributed by atoms with van der Waals surface area (Å²) in [4.78, 5) is 36.4. The van der Waals surface area contributed by atoms with Crippen LogP contribution in [0.5, 0.6) is 0 Å². The van der Waals surface area contributed by atoms with Gasteiger partial charge in [0.15, 0.2) is 0 Å². The lowest BCUT2D eigenvalue weighted by Gasteiger charge is -2.12. The zero-order valence-electron chi connectivity index (χ0n) is 16.0. The molecule has 1 unspecified atom stereocenters. The predicted molar refractivity (Wildman–Crippen MR) is 106 cm³/mol. The maximum absolute atomic E-state index is 11.5. The molecule has 0 saturated heterocycles.